The molecule has 4 nitrogen and oxygen atoms in total. The number of rotatable bonds is 3. The average Bonchev–Trinajstić information content (AvgIpc) is 2.58. The molecule has 1 saturated heterocycles. The molecule has 2 heterocycles. The molecule has 0 radical (unpaired) electrons. The smallest absolute Gasteiger partial charge is 0.354 e. The second-order valence-electron chi connectivity index (χ2n) is 5.44. The van der Waals surface area contributed by atoms with Gasteiger partial charge < -0.3 is 5.11 Å². The van der Waals surface area contributed by atoms with Crippen molar-refractivity contribution in [2.24, 2.45) is 5.41 Å². The maximum absolute atomic E-state index is 11.0. The van der Waals surface area contributed by atoms with E-state index in [2.05, 4.69) is 23.7 Å². The Balaban J connectivity index is 2.12. The normalized spacial score (nSPS) is 19.4. The minimum Gasteiger partial charge on any atom is -0.477 e. The summed E-state index contributed by atoms with van der Waals surface area (Å²) in [6, 6.07) is 3.64. The Morgan fingerprint density at radius 1 is 1.59 bits per heavy atom. The predicted molar refractivity (Wildman–Crippen MR) is 64.9 cm³/mol. The van der Waals surface area contributed by atoms with E-state index < -0.39 is 5.97 Å². The van der Waals surface area contributed by atoms with E-state index in [1.54, 1.807) is 6.07 Å². The number of carboxylic acid groups (broad SMARTS) is 1. The monoisotopic (exact) mass is 234 g/mol. The third-order valence-corrected chi connectivity index (χ3v) is 3.24. The molecule has 0 amide bonds. The quantitative estimate of drug-likeness (QED) is 0.869. The molecule has 1 aromatic rings. The minimum atomic E-state index is -0.945. The summed E-state index contributed by atoms with van der Waals surface area (Å²) in [5.41, 5.74) is 1.32. The maximum atomic E-state index is 11.0. The first-order valence-corrected chi connectivity index (χ1v) is 5.87. The first kappa shape index (κ1) is 12.0. The Bertz CT molecular complexity index is 429. The molecule has 4 heteroatoms. The van der Waals surface area contributed by atoms with E-state index in [-0.39, 0.29) is 5.69 Å². The van der Waals surface area contributed by atoms with Gasteiger partial charge in [-0.2, -0.15) is 0 Å². The lowest BCUT2D eigenvalue weighted by molar-refractivity contribution is 0.0688. The molecule has 0 atom stereocenters. The van der Waals surface area contributed by atoms with Gasteiger partial charge in [-0.3, -0.25) is 4.90 Å². The highest BCUT2D eigenvalue weighted by Gasteiger charge is 2.29. The van der Waals surface area contributed by atoms with Gasteiger partial charge in [0.2, 0.25) is 0 Å². The van der Waals surface area contributed by atoms with Gasteiger partial charge in [0, 0.05) is 19.3 Å². The van der Waals surface area contributed by atoms with Gasteiger partial charge in [-0.1, -0.05) is 19.9 Å². The van der Waals surface area contributed by atoms with Gasteiger partial charge in [0.25, 0.3) is 0 Å². The first-order chi connectivity index (χ1) is 7.98. The summed E-state index contributed by atoms with van der Waals surface area (Å²) in [4.78, 5) is 17.3. The second kappa shape index (κ2) is 4.45. The Labute approximate surface area is 101 Å². The van der Waals surface area contributed by atoms with Crippen LogP contribution in [0.15, 0.2) is 18.3 Å². The van der Waals surface area contributed by atoms with Crippen molar-refractivity contribution < 1.29 is 9.90 Å². The molecule has 1 aromatic heterocycles. The van der Waals surface area contributed by atoms with Crippen LogP contribution >= 0.6 is 0 Å². The van der Waals surface area contributed by atoms with Gasteiger partial charge >= 0.3 is 5.97 Å². The van der Waals surface area contributed by atoms with E-state index in [0.717, 1.165) is 25.1 Å². The van der Waals surface area contributed by atoms with Crippen molar-refractivity contribution in [2.45, 2.75) is 26.8 Å². The summed E-state index contributed by atoms with van der Waals surface area (Å²) in [6.07, 6.45) is 2.69. The van der Waals surface area contributed by atoms with Crippen LogP contribution in [-0.4, -0.2) is 34.0 Å². The van der Waals surface area contributed by atoms with Crippen LogP contribution in [0.4, 0.5) is 0 Å². The topological polar surface area (TPSA) is 53.4 Å². The van der Waals surface area contributed by atoms with E-state index in [1.807, 2.05) is 6.07 Å². The number of carboxylic acids is 1. The van der Waals surface area contributed by atoms with Crippen molar-refractivity contribution in [1.29, 1.82) is 0 Å². The largest absolute Gasteiger partial charge is 0.477 e. The van der Waals surface area contributed by atoms with Gasteiger partial charge in [-0.15, -0.1) is 0 Å². The summed E-state index contributed by atoms with van der Waals surface area (Å²) in [5.74, 6) is -0.945. The highest BCUT2D eigenvalue weighted by molar-refractivity contribution is 5.86. The highest BCUT2D eigenvalue weighted by Crippen LogP contribution is 2.29. The number of carbonyl (C=O) groups is 1. The fourth-order valence-corrected chi connectivity index (χ4v) is 2.36. The zero-order valence-corrected chi connectivity index (χ0v) is 10.3. The lowest BCUT2D eigenvalue weighted by atomic mass is 9.93. The SMILES string of the molecule is CC1(C)CCN(Cc2cccnc2C(=O)O)C1. The van der Waals surface area contributed by atoms with E-state index >= 15 is 0 Å². The highest BCUT2D eigenvalue weighted by atomic mass is 16.4. The fraction of sp³-hybridized carbons (Fsp3) is 0.538. The molecule has 17 heavy (non-hydrogen) atoms. The van der Waals surface area contributed by atoms with Gasteiger partial charge in [-0.25, -0.2) is 9.78 Å². The molecule has 2 rings (SSSR count). The number of aromatic carboxylic acids is 1. The molecule has 92 valence electrons. The Hall–Kier alpha value is -1.42. The number of pyridine rings is 1. The van der Waals surface area contributed by atoms with Crippen LogP contribution < -0.4 is 0 Å². The van der Waals surface area contributed by atoms with E-state index in [1.165, 1.54) is 6.20 Å². The van der Waals surface area contributed by atoms with Crippen molar-refractivity contribution in [1.82, 2.24) is 9.88 Å². The van der Waals surface area contributed by atoms with Crippen LogP contribution in [-0.2, 0) is 6.54 Å². The molecule has 1 aliphatic heterocycles. The third-order valence-electron chi connectivity index (χ3n) is 3.24. The number of hydrogen-bond donors (Lipinski definition) is 1. The summed E-state index contributed by atoms with van der Waals surface area (Å²) < 4.78 is 0. The lowest BCUT2D eigenvalue weighted by Crippen LogP contribution is -2.24. The van der Waals surface area contributed by atoms with Crippen LogP contribution in [0.25, 0.3) is 0 Å². The number of hydrogen-bond acceptors (Lipinski definition) is 3. The van der Waals surface area contributed by atoms with E-state index in [9.17, 15) is 4.79 Å². The van der Waals surface area contributed by atoms with E-state index in [4.69, 9.17) is 5.11 Å². The summed E-state index contributed by atoms with van der Waals surface area (Å²) in [7, 11) is 0. The van der Waals surface area contributed by atoms with Crippen LogP contribution in [0.3, 0.4) is 0 Å². The van der Waals surface area contributed by atoms with Crippen molar-refractivity contribution in [3.8, 4) is 0 Å². The van der Waals surface area contributed by atoms with Crippen LogP contribution in [0, 0.1) is 5.41 Å². The molecule has 0 aromatic carbocycles. The maximum Gasteiger partial charge on any atom is 0.354 e. The lowest BCUT2D eigenvalue weighted by Gasteiger charge is -2.20. The minimum absolute atomic E-state index is 0.178. The van der Waals surface area contributed by atoms with Crippen molar-refractivity contribution >= 4 is 5.97 Å². The summed E-state index contributed by atoms with van der Waals surface area (Å²) >= 11 is 0. The number of nitrogens with zero attached hydrogens (tertiary/aromatic N) is 2. The van der Waals surface area contributed by atoms with Crippen LogP contribution in [0.1, 0.15) is 36.3 Å². The Morgan fingerprint density at radius 3 is 2.94 bits per heavy atom. The van der Waals surface area contributed by atoms with Gasteiger partial charge in [0.15, 0.2) is 5.69 Å². The summed E-state index contributed by atoms with van der Waals surface area (Å²) in [5, 5.41) is 9.06. The molecule has 1 fully saturated rings. The number of likely N-dealkylation sites (tertiary alicyclic amines) is 1. The molecule has 0 unspecified atom stereocenters. The Morgan fingerprint density at radius 2 is 2.35 bits per heavy atom. The summed E-state index contributed by atoms with van der Waals surface area (Å²) in [6.45, 7) is 7.21. The fourth-order valence-electron chi connectivity index (χ4n) is 2.36. The standard InChI is InChI=1S/C13H18N2O2/c1-13(2)5-7-15(9-13)8-10-4-3-6-14-11(10)12(16)17/h3-4,6H,5,7-9H2,1-2H3,(H,16,17). The van der Waals surface area contributed by atoms with E-state index in [0.29, 0.717) is 12.0 Å². The predicted octanol–water partition coefficient (Wildman–Crippen LogP) is 2.01. The average molecular weight is 234 g/mol. The van der Waals surface area contributed by atoms with Crippen LogP contribution in [0.5, 0.6) is 0 Å². The van der Waals surface area contributed by atoms with Crippen molar-refractivity contribution in [2.75, 3.05) is 13.1 Å². The molecule has 0 saturated carbocycles. The third kappa shape index (κ3) is 2.82. The van der Waals surface area contributed by atoms with Gasteiger partial charge in [-0.05, 0) is 30.0 Å². The molecular weight excluding hydrogens is 216 g/mol. The molecule has 0 bridgehead atoms. The van der Waals surface area contributed by atoms with Crippen LogP contribution in [0.2, 0.25) is 0 Å². The number of aromatic nitrogens is 1. The Kier molecular flexibility index (Phi) is 3.15. The van der Waals surface area contributed by atoms with Crippen molar-refractivity contribution in [3.05, 3.63) is 29.6 Å². The second-order valence-corrected chi connectivity index (χ2v) is 5.44. The molecule has 0 spiro atoms. The zero-order chi connectivity index (χ0) is 12.5. The molecule has 0 aliphatic carbocycles. The van der Waals surface area contributed by atoms with Gasteiger partial charge in [0.05, 0.1) is 0 Å². The van der Waals surface area contributed by atoms with Crippen molar-refractivity contribution in [3.63, 3.8) is 0 Å². The van der Waals surface area contributed by atoms with Gasteiger partial charge in [0.1, 0.15) is 0 Å². The molecule has 1 N–H and O–H groups in total. The zero-order valence-electron chi connectivity index (χ0n) is 10.3. The first-order valence-electron chi connectivity index (χ1n) is 5.87. The molecular formula is C13H18N2O2. The molecule has 1 aliphatic rings.